The third-order valence-corrected chi connectivity index (χ3v) is 4.35. The quantitative estimate of drug-likeness (QED) is 0.761. The van der Waals surface area contributed by atoms with E-state index in [2.05, 4.69) is 10.3 Å². The van der Waals surface area contributed by atoms with Crippen LogP contribution in [0.25, 0.3) is 0 Å². The van der Waals surface area contributed by atoms with Gasteiger partial charge in [0.15, 0.2) is 11.5 Å². The molecule has 1 aromatic carbocycles. The number of ether oxygens (including phenoxy) is 3. The van der Waals surface area contributed by atoms with Gasteiger partial charge in [-0.3, -0.25) is 4.79 Å². The lowest BCUT2D eigenvalue weighted by Gasteiger charge is -2.08. The van der Waals surface area contributed by atoms with Crippen molar-refractivity contribution in [1.82, 2.24) is 10.3 Å². The van der Waals surface area contributed by atoms with Gasteiger partial charge in [-0.15, -0.1) is 0 Å². The van der Waals surface area contributed by atoms with E-state index in [1.807, 2.05) is 18.2 Å². The molecule has 0 atom stereocenters. The maximum atomic E-state index is 12.5. The average molecular weight is 372 g/mol. The monoisotopic (exact) mass is 372 g/mol. The second kappa shape index (κ2) is 7.73. The molecule has 144 valence electrons. The summed E-state index contributed by atoms with van der Waals surface area (Å²) in [5, 5.41) is 2.88. The van der Waals surface area contributed by atoms with Gasteiger partial charge in [-0.1, -0.05) is 6.07 Å². The third kappa shape index (κ3) is 4.07. The highest BCUT2D eigenvalue weighted by atomic mass is 16.7. The van der Waals surface area contributed by atoms with Crippen LogP contribution < -0.4 is 14.8 Å². The molecule has 7 heteroatoms. The van der Waals surface area contributed by atoms with E-state index >= 15 is 0 Å². The fourth-order valence-electron chi connectivity index (χ4n) is 3.06. The molecule has 3 rings (SSSR count). The van der Waals surface area contributed by atoms with E-state index in [0.717, 1.165) is 17.1 Å². The molecule has 7 nitrogen and oxygen atoms in total. The maximum Gasteiger partial charge on any atom is 0.340 e. The SMILES string of the molecule is Cc1[nH]c(C(=O)NCCc2ccc3c(c2)OCO3)c(C)c1C(=O)OC(C)C. The summed E-state index contributed by atoms with van der Waals surface area (Å²) in [6, 6.07) is 5.73. The number of aromatic amines is 1. The van der Waals surface area contributed by atoms with Gasteiger partial charge < -0.3 is 24.5 Å². The van der Waals surface area contributed by atoms with Gasteiger partial charge in [-0.2, -0.15) is 0 Å². The van der Waals surface area contributed by atoms with Gasteiger partial charge in [0.1, 0.15) is 5.69 Å². The van der Waals surface area contributed by atoms with Gasteiger partial charge in [0.25, 0.3) is 5.91 Å². The van der Waals surface area contributed by atoms with Crippen LogP contribution in [0, 0.1) is 13.8 Å². The van der Waals surface area contributed by atoms with Crippen LogP contribution in [-0.2, 0) is 11.2 Å². The zero-order valence-corrected chi connectivity index (χ0v) is 16.0. The molecule has 0 saturated carbocycles. The molecular weight excluding hydrogens is 348 g/mol. The molecule has 2 aromatic rings. The molecule has 0 radical (unpaired) electrons. The van der Waals surface area contributed by atoms with Crippen LogP contribution in [0.1, 0.15) is 51.5 Å². The normalized spacial score (nSPS) is 12.3. The van der Waals surface area contributed by atoms with Crippen molar-refractivity contribution in [3.8, 4) is 11.5 Å². The first kappa shape index (κ1) is 18.8. The van der Waals surface area contributed by atoms with E-state index in [1.165, 1.54) is 0 Å². The topological polar surface area (TPSA) is 89.7 Å². The Morgan fingerprint density at radius 3 is 2.70 bits per heavy atom. The van der Waals surface area contributed by atoms with Crippen molar-refractivity contribution in [2.45, 2.75) is 40.2 Å². The number of aryl methyl sites for hydroxylation is 1. The highest BCUT2D eigenvalue weighted by molar-refractivity contribution is 6.00. The Labute approximate surface area is 158 Å². The minimum atomic E-state index is -0.421. The van der Waals surface area contributed by atoms with Crippen molar-refractivity contribution >= 4 is 11.9 Å². The molecule has 0 bridgehead atoms. The number of rotatable bonds is 6. The Balaban J connectivity index is 1.62. The minimum Gasteiger partial charge on any atom is -0.459 e. The highest BCUT2D eigenvalue weighted by Crippen LogP contribution is 2.32. The van der Waals surface area contributed by atoms with Crippen molar-refractivity contribution in [3.63, 3.8) is 0 Å². The molecular formula is C20H24N2O5. The predicted molar refractivity (Wildman–Crippen MR) is 99.4 cm³/mol. The standard InChI is InChI=1S/C20H24N2O5/c1-11(2)27-20(24)17-12(3)18(22-13(17)4)19(23)21-8-7-14-5-6-15-16(9-14)26-10-25-15/h5-6,9,11,22H,7-8,10H2,1-4H3,(H,21,23). The number of H-pyrrole nitrogens is 1. The Hall–Kier alpha value is -2.96. The number of fused-ring (bicyclic) bond motifs is 1. The van der Waals surface area contributed by atoms with E-state index in [-0.39, 0.29) is 18.8 Å². The predicted octanol–water partition coefficient (Wildman–Crippen LogP) is 2.90. The van der Waals surface area contributed by atoms with Gasteiger partial charge in [0, 0.05) is 12.2 Å². The van der Waals surface area contributed by atoms with Gasteiger partial charge in [-0.05, 0) is 57.4 Å². The molecule has 2 N–H and O–H groups in total. The number of nitrogens with one attached hydrogen (secondary N) is 2. The Morgan fingerprint density at radius 2 is 1.96 bits per heavy atom. The highest BCUT2D eigenvalue weighted by Gasteiger charge is 2.23. The van der Waals surface area contributed by atoms with Crippen molar-refractivity contribution in [2.75, 3.05) is 13.3 Å². The molecule has 1 amide bonds. The van der Waals surface area contributed by atoms with E-state index < -0.39 is 5.97 Å². The van der Waals surface area contributed by atoms with Crippen LogP contribution >= 0.6 is 0 Å². The summed E-state index contributed by atoms with van der Waals surface area (Å²) >= 11 is 0. The number of carbonyl (C=O) groups excluding carboxylic acids is 2. The third-order valence-electron chi connectivity index (χ3n) is 4.35. The van der Waals surface area contributed by atoms with Crippen molar-refractivity contribution < 1.29 is 23.8 Å². The minimum absolute atomic E-state index is 0.217. The lowest BCUT2D eigenvalue weighted by atomic mass is 10.1. The zero-order chi connectivity index (χ0) is 19.6. The molecule has 0 aliphatic carbocycles. The Morgan fingerprint density at radius 1 is 1.22 bits per heavy atom. The lowest BCUT2D eigenvalue weighted by molar-refractivity contribution is 0.0376. The van der Waals surface area contributed by atoms with Crippen LogP contribution in [0.2, 0.25) is 0 Å². The summed E-state index contributed by atoms with van der Waals surface area (Å²) in [5.74, 6) is 0.791. The van der Waals surface area contributed by atoms with Crippen LogP contribution in [0.15, 0.2) is 18.2 Å². The second-order valence-electron chi connectivity index (χ2n) is 6.77. The summed E-state index contributed by atoms with van der Waals surface area (Å²) in [6.45, 7) is 7.78. The van der Waals surface area contributed by atoms with Crippen molar-refractivity contribution in [2.24, 2.45) is 0 Å². The van der Waals surface area contributed by atoms with E-state index in [4.69, 9.17) is 14.2 Å². The summed E-state index contributed by atoms with van der Waals surface area (Å²) in [4.78, 5) is 27.7. The number of esters is 1. The number of aromatic nitrogens is 1. The molecule has 27 heavy (non-hydrogen) atoms. The molecule has 0 spiro atoms. The summed E-state index contributed by atoms with van der Waals surface area (Å²) < 4.78 is 15.9. The van der Waals surface area contributed by atoms with Gasteiger partial charge in [0.2, 0.25) is 6.79 Å². The largest absolute Gasteiger partial charge is 0.459 e. The first-order chi connectivity index (χ1) is 12.9. The zero-order valence-electron chi connectivity index (χ0n) is 16.0. The van der Waals surface area contributed by atoms with E-state index in [9.17, 15) is 9.59 Å². The van der Waals surface area contributed by atoms with Crippen molar-refractivity contribution in [3.05, 3.63) is 46.3 Å². The number of hydrogen-bond donors (Lipinski definition) is 2. The van der Waals surface area contributed by atoms with Crippen LogP contribution in [0.5, 0.6) is 11.5 Å². The molecule has 1 aliphatic rings. The fraction of sp³-hybridized carbons (Fsp3) is 0.400. The maximum absolute atomic E-state index is 12.5. The fourth-order valence-corrected chi connectivity index (χ4v) is 3.06. The van der Waals surface area contributed by atoms with Gasteiger partial charge in [-0.25, -0.2) is 4.79 Å². The van der Waals surface area contributed by atoms with Crippen LogP contribution in [0.4, 0.5) is 0 Å². The number of amides is 1. The summed E-state index contributed by atoms with van der Waals surface area (Å²) in [6.07, 6.45) is 0.439. The lowest BCUT2D eigenvalue weighted by Crippen LogP contribution is -2.26. The van der Waals surface area contributed by atoms with E-state index in [0.29, 0.717) is 35.5 Å². The molecule has 0 saturated heterocycles. The molecule has 2 heterocycles. The van der Waals surface area contributed by atoms with Gasteiger partial charge in [0.05, 0.1) is 11.7 Å². The number of carbonyl (C=O) groups is 2. The van der Waals surface area contributed by atoms with Crippen LogP contribution in [-0.4, -0.2) is 36.3 Å². The summed E-state index contributed by atoms with van der Waals surface area (Å²) in [5.41, 5.74) is 3.07. The summed E-state index contributed by atoms with van der Waals surface area (Å²) in [7, 11) is 0. The average Bonchev–Trinajstić information content (AvgIpc) is 3.17. The molecule has 1 aliphatic heterocycles. The van der Waals surface area contributed by atoms with Crippen LogP contribution in [0.3, 0.4) is 0 Å². The smallest absolute Gasteiger partial charge is 0.340 e. The Kier molecular flexibility index (Phi) is 5.39. The van der Waals surface area contributed by atoms with Gasteiger partial charge >= 0.3 is 5.97 Å². The number of benzene rings is 1. The molecule has 1 aromatic heterocycles. The Bertz CT molecular complexity index is 869. The van der Waals surface area contributed by atoms with E-state index in [1.54, 1.807) is 27.7 Å². The number of hydrogen-bond acceptors (Lipinski definition) is 5. The molecule has 0 fully saturated rings. The first-order valence-electron chi connectivity index (χ1n) is 8.93. The molecule has 0 unspecified atom stereocenters. The van der Waals surface area contributed by atoms with Crippen molar-refractivity contribution in [1.29, 1.82) is 0 Å². The second-order valence-corrected chi connectivity index (χ2v) is 6.77. The first-order valence-corrected chi connectivity index (χ1v) is 8.93.